The number of carbonyl (C=O) groups excluding carboxylic acids is 1. The van der Waals surface area contributed by atoms with Crippen molar-refractivity contribution in [2.45, 2.75) is 0 Å². The third-order valence-electron chi connectivity index (χ3n) is 1.99. The Bertz CT molecular complexity index is 516. The minimum Gasteiger partial charge on any atom is -0.465 e. The standard InChI is InChI=1S/C11H10N4O2/c1-17-11(16)8-4-9(6-13-5-8)15-10-7-12-2-3-14-10/h2-7H,1H3,(H,14,15). The molecule has 0 aliphatic carbocycles. The van der Waals surface area contributed by atoms with E-state index in [9.17, 15) is 4.79 Å². The first kappa shape index (κ1) is 11.0. The van der Waals surface area contributed by atoms with Crippen LogP contribution in [0.4, 0.5) is 11.5 Å². The number of ether oxygens (including phenoxy) is 1. The molecule has 2 heterocycles. The first-order valence-electron chi connectivity index (χ1n) is 4.86. The van der Waals surface area contributed by atoms with E-state index >= 15 is 0 Å². The zero-order valence-electron chi connectivity index (χ0n) is 9.12. The van der Waals surface area contributed by atoms with E-state index in [0.717, 1.165) is 0 Å². The molecule has 0 radical (unpaired) electrons. The molecule has 0 saturated carbocycles. The van der Waals surface area contributed by atoms with Crippen LogP contribution in [0.25, 0.3) is 0 Å². The number of hydrogen-bond donors (Lipinski definition) is 1. The van der Waals surface area contributed by atoms with Crippen LogP contribution in [0.1, 0.15) is 10.4 Å². The van der Waals surface area contributed by atoms with Crippen LogP contribution < -0.4 is 5.32 Å². The summed E-state index contributed by atoms with van der Waals surface area (Å²) in [4.78, 5) is 23.2. The van der Waals surface area contributed by atoms with Gasteiger partial charge in [-0.25, -0.2) is 9.78 Å². The molecule has 17 heavy (non-hydrogen) atoms. The third kappa shape index (κ3) is 2.75. The van der Waals surface area contributed by atoms with Crippen molar-refractivity contribution in [2.24, 2.45) is 0 Å². The summed E-state index contributed by atoms with van der Waals surface area (Å²) in [6, 6.07) is 1.63. The molecular weight excluding hydrogens is 220 g/mol. The largest absolute Gasteiger partial charge is 0.465 e. The lowest BCUT2D eigenvalue weighted by Crippen LogP contribution is -2.03. The number of nitrogens with zero attached hydrogens (tertiary/aromatic N) is 3. The molecule has 1 N–H and O–H groups in total. The first-order chi connectivity index (χ1) is 8.29. The van der Waals surface area contributed by atoms with Crippen LogP contribution in [-0.4, -0.2) is 28.0 Å². The van der Waals surface area contributed by atoms with Crippen LogP contribution in [0.2, 0.25) is 0 Å². The minimum atomic E-state index is -0.430. The molecule has 6 heteroatoms. The van der Waals surface area contributed by atoms with E-state index in [1.165, 1.54) is 13.3 Å². The smallest absolute Gasteiger partial charge is 0.339 e. The van der Waals surface area contributed by atoms with E-state index in [4.69, 9.17) is 0 Å². The summed E-state index contributed by atoms with van der Waals surface area (Å²) in [5.74, 6) is 0.150. The van der Waals surface area contributed by atoms with Gasteiger partial charge in [0.15, 0.2) is 0 Å². The van der Waals surface area contributed by atoms with Crippen molar-refractivity contribution >= 4 is 17.5 Å². The average molecular weight is 230 g/mol. The van der Waals surface area contributed by atoms with Crippen molar-refractivity contribution in [2.75, 3.05) is 12.4 Å². The van der Waals surface area contributed by atoms with Crippen LogP contribution in [-0.2, 0) is 4.74 Å². The predicted molar refractivity (Wildman–Crippen MR) is 60.9 cm³/mol. The molecule has 0 amide bonds. The lowest BCUT2D eigenvalue weighted by atomic mass is 10.2. The van der Waals surface area contributed by atoms with Gasteiger partial charge in [0.25, 0.3) is 0 Å². The molecule has 0 spiro atoms. The summed E-state index contributed by atoms with van der Waals surface area (Å²) < 4.78 is 4.61. The number of aromatic nitrogens is 3. The van der Waals surface area contributed by atoms with Crippen LogP contribution >= 0.6 is 0 Å². The highest BCUT2D eigenvalue weighted by molar-refractivity contribution is 5.90. The SMILES string of the molecule is COC(=O)c1cncc(Nc2cnccn2)c1. The highest BCUT2D eigenvalue weighted by atomic mass is 16.5. The summed E-state index contributed by atoms with van der Waals surface area (Å²) >= 11 is 0. The van der Waals surface area contributed by atoms with E-state index < -0.39 is 5.97 Å². The van der Waals surface area contributed by atoms with E-state index in [2.05, 4.69) is 25.0 Å². The fourth-order valence-corrected chi connectivity index (χ4v) is 1.25. The number of nitrogens with one attached hydrogen (secondary N) is 1. The molecule has 0 atom stereocenters. The van der Waals surface area contributed by atoms with Crippen LogP contribution in [0.15, 0.2) is 37.1 Å². The monoisotopic (exact) mass is 230 g/mol. The number of esters is 1. The summed E-state index contributed by atoms with van der Waals surface area (Å²) in [7, 11) is 1.32. The van der Waals surface area contributed by atoms with E-state index in [1.54, 1.807) is 30.9 Å². The number of hydrogen-bond acceptors (Lipinski definition) is 6. The lowest BCUT2D eigenvalue weighted by molar-refractivity contribution is 0.0600. The number of pyridine rings is 1. The molecule has 86 valence electrons. The number of methoxy groups -OCH3 is 1. The van der Waals surface area contributed by atoms with Gasteiger partial charge in [-0.15, -0.1) is 0 Å². The second-order valence-corrected chi connectivity index (χ2v) is 3.17. The molecule has 0 aliphatic heterocycles. The van der Waals surface area contributed by atoms with Gasteiger partial charge in [-0.1, -0.05) is 0 Å². The average Bonchev–Trinajstić information content (AvgIpc) is 2.39. The number of anilines is 2. The summed E-state index contributed by atoms with van der Waals surface area (Å²) in [5.41, 5.74) is 1.02. The van der Waals surface area contributed by atoms with E-state index in [1.807, 2.05) is 0 Å². The van der Waals surface area contributed by atoms with E-state index in [-0.39, 0.29) is 0 Å². The van der Waals surface area contributed by atoms with Crippen LogP contribution in [0, 0.1) is 0 Å². The predicted octanol–water partition coefficient (Wildman–Crippen LogP) is 1.40. The number of carbonyl (C=O) groups is 1. The second-order valence-electron chi connectivity index (χ2n) is 3.17. The summed E-state index contributed by atoms with van der Waals surface area (Å²) in [6.07, 6.45) is 7.74. The van der Waals surface area contributed by atoms with Crippen LogP contribution in [0.3, 0.4) is 0 Å². The van der Waals surface area contributed by atoms with Gasteiger partial charge in [0, 0.05) is 18.6 Å². The van der Waals surface area contributed by atoms with Crippen molar-refractivity contribution in [3.63, 3.8) is 0 Å². The maximum Gasteiger partial charge on any atom is 0.339 e. The topological polar surface area (TPSA) is 77.0 Å². The molecule has 0 aliphatic rings. The van der Waals surface area contributed by atoms with Gasteiger partial charge in [0.2, 0.25) is 0 Å². The molecule has 2 aromatic heterocycles. The van der Waals surface area contributed by atoms with Gasteiger partial charge in [-0.3, -0.25) is 9.97 Å². The number of rotatable bonds is 3. The van der Waals surface area contributed by atoms with Gasteiger partial charge in [0.05, 0.1) is 30.8 Å². The Morgan fingerprint density at radius 3 is 2.82 bits per heavy atom. The Morgan fingerprint density at radius 1 is 1.24 bits per heavy atom. The maximum absolute atomic E-state index is 11.3. The minimum absolute atomic E-state index is 0.376. The highest BCUT2D eigenvalue weighted by Gasteiger charge is 2.06. The van der Waals surface area contributed by atoms with Gasteiger partial charge in [0.1, 0.15) is 5.82 Å². The highest BCUT2D eigenvalue weighted by Crippen LogP contribution is 2.13. The van der Waals surface area contributed by atoms with Gasteiger partial charge in [-0.2, -0.15) is 0 Å². The Labute approximate surface area is 97.7 Å². The molecule has 0 saturated heterocycles. The zero-order chi connectivity index (χ0) is 12.1. The molecular formula is C11H10N4O2. The van der Waals surface area contributed by atoms with E-state index in [0.29, 0.717) is 17.1 Å². The van der Waals surface area contributed by atoms with Crippen molar-refractivity contribution in [1.29, 1.82) is 0 Å². The maximum atomic E-state index is 11.3. The van der Waals surface area contributed by atoms with Crippen molar-refractivity contribution in [3.8, 4) is 0 Å². The quantitative estimate of drug-likeness (QED) is 0.803. The second kappa shape index (κ2) is 5.02. The Balaban J connectivity index is 2.20. The molecule has 6 nitrogen and oxygen atoms in total. The van der Waals surface area contributed by atoms with Crippen molar-refractivity contribution in [1.82, 2.24) is 15.0 Å². The molecule has 0 aromatic carbocycles. The molecule has 0 bridgehead atoms. The summed E-state index contributed by atoms with van der Waals surface area (Å²) in [6.45, 7) is 0. The van der Waals surface area contributed by atoms with Crippen molar-refractivity contribution < 1.29 is 9.53 Å². The van der Waals surface area contributed by atoms with Gasteiger partial charge in [-0.05, 0) is 6.07 Å². The van der Waals surface area contributed by atoms with Gasteiger partial charge >= 0.3 is 5.97 Å². The first-order valence-corrected chi connectivity index (χ1v) is 4.86. The Morgan fingerprint density at radius 2 is 2.12 bits per heavy atom. The summed E-state index contributed by atoms with van der Waals surface area (Å²) in [5, 5.41) is 2.98. The lowest BCUT2D eigenvalue weighted by Gasteiger charge is -2.05. The fraction of sp³-hybridized carbons (Fsp3) is 0.0909. The molecule has 2 rings (SSSR count). The molecule has 0 fully saturated rings. The fourth-order valence-electron chi connectivity index (χ4n) is 1.25. The third-order valence-corrected chi connectivity index (χ3v) is 1.99. The zero-order valence-corrected chi connectivity index (χ0v) is 9.12. The molecule has 0 unspecified atom stereocenters. The Hall–Kier alpha value is -2.50. The normalized spacial score (nSPS) is 9.71. The molecule has 2 aromatic rings. The van der Waals surface area contributed by atoms with Crippen LogP contribution in [0.5, 0.6) is 0 Å². The van der Waals surface area contributed by atoms with Gasteiger partial charge < -0.3 is 10.1 Å². The van der Waals surface area contributed by atoms with Crippen molar-refractivity contribution in [3.05, 3.63) is 42.6 Å². The Kier molecular flexibility index (Phi) is 3.25.